The molecule has 7 nitrogen and oxygen atoms in total. The van der Waals surface area contributed by atoms with E-state index in [1.807, 2.05) is 6.92 Å². The molecule has 0 saturated carbocycles. The van der Waals surface area contributed by atoms with E-state index < -0.39 is 16.4 Å². The highest BCUT2D eigenvalue weighted by molar-refractivity contribution is 9.11. The highest BCUT2D eigenvalue weighted by Gasteiger charge is 2.22. The Labute approximate surface area is 181 Å². The molecule has 0 fully saturated rings. The minimum atomic E-state index is -0.709. The van der Waals surface area contributed by atoms with Gasteiger partial charge >= 0.3 is 5.69 Å². The Morgan fingerprint density at radius 2 is 1.90 bits per heavy atom. The van der Waals surface area contributed by atoms with Gasteiger partial charge in [0.1, 0.15) is 29.3 Å². The molecule has 11 heteroatoms. The second-order valence-electron chi connectivity index (χ2n) is 6.05. The van der Waals surface area contributed by atoms with Crippen molar-refractivity contribution in [1.29, 1.82) is 0 Å². The highest BCUT2D eigenvalue weighted by atomic mass is 79.9. The topological polar surface area (TPSA) is 90.7 Å². The van der Waals surface area contributed by atoms with Gasteiger partial charge in [0.25, 0.3) is 0 Å². The third-order valence-corrected chi connectivity index (χ3v) is 5.05. The van der Waals surface area contributed by atoms with Crippen molar-refractivity contribution < 1.29 is 28.0 Å². The number of carbonyl (C=O) groups excluding carboxylic acids is 1. The predicted molar refractivity (Wildman–Crippen MR) is 110 cm³/mol. The number of anilines is 1. The van der Waals surface area contributed by atoms with Crippen molar-refractivity contribution in [2.45, 2.75) is 19.9 Å². The fourth-order valence-electron chi connectivity index (χ4n) is 2.28. The summed E-state index contributed by atoms with van der Waals surface area (Å²) in [6.45, 7) is 3.50. The van der Waals surface area contributed by atoms with Crippen LogP contribution in [0.5, 0.6) is 11.5 Å². The first-order chi connectivity index (χ1) is 13.6. The molecule has 0 aliphatic carbocycles. The second-order valence-corrected chi connectivity index (χ2v) is 7.64. The second kappa shape index (κ2) is 9.97. The number of hydrogen-bond acceptors (Lipinski definition) is 6. The summed E-state index contributed by atoms with van der Waals surface area (Å²) in [6.07, 6.45) is 0. The number of Topliss-reactive ketones (excluding diaryl/α,β-unsaturated/α-hetero) is 1. The minimum absolute atomic E-state index is 0.164. The molecule has 156 valence electrons. The lowest BCUT2D eigenvalue weighted by Crippen LogP contribution is -2.28. The van der Waals surface area contributed by atoms with Crippen LogP contribution in [0.25, 0.3) is 0 Å². The quantitative estimate of drug-likeness (QED) is 0.423. The molecular formula is C18H16Br2F2N2O5. The van der Waals surface area contributed by atoms with E-state index in [1.165, 1.54) is 13.0 Å². The summed E-state index contributed by atoms with van der Waals surface area (Å²) in [6, 6.07) is 5.30. The first-order valence-electron chi connectivity index (χ1n) is 8.23. The molecule has 29 heavy (non-hydrogen) atoms. The van der Waals surface area contributed by atoms with Crippen LogP contribution in [0, 0.1) is 21.7 Å². The van der Waals surface area contributed by atoms with Crippen LogP contribution in [0.4, 0.5) is 20.2 Å². The van der Waals surface area contributed by atoms with E-state index >= 15 is 0 Å². The Balaban J connectivity index is 0.000000211. The zero-order valence-corrected chi connectivity index (χ0v) is 18.5. The number of rotatable bonds is 4. The smallest absolute Gasteiger partial charge is 0.312 e. The van der Waals surface area contributed by atoms with Crippen LogP contribution in [0.1, 0.15) is 13.8 Å². The first-order valence-corrected chi connectivity index (χ1v) is 9.82. The molecule has 0 aromatic heterocycles. The Kier molecular flexibility index (Phi) is 7.91. The number of ether oxygens (including phenoxy) is 2. The van der Waals surface area contributed by atoms with E-state index in [1.54, 1.807) is 6.07 Å². The number of carbonyl (C=O) groups is 1. The van der Waals surface area contributed by atoms with Gasteiger partial charge in [-0.3, -0.25) is 14.9 Å². The number of nitro groups is 1. The Morgan fingerprint density at radius 3 is 2.52 bits per heavy atom. The zero-order valence-electron chi connectivity index (χ0n) is 15.3. The van der Waals surface area contributed by atoms with Gasteiger partial charge in [-0.2, -0.15) is 0 Å². The molecule has 0 radical (unpaired) electrons. The van der Waals surface area contributed by atoms with Crippen molar-refractivity contribution >= 4 is 49.0 Å². The summed E-state index contributed by atoms with van der Waals surface area (Å²) in [5.74, 6) is -1.01. The summed E-state index contributed by atoms with van der Waals surface area (Å²) in [5, 5.41) is 13.8. The van der Waals surface area contributed by atoms with Gasteiger partial charge in [-0.15, -0.1) is 0 Å². The first kappa shape index (κ1) is 23.0. The number of nitrogens with one attached hydrogen (secondary N) is 1. The average molecular weight is 538 g/mol. The van der Waals surface area contributed by atoms with Crippen LogP contribution in [0.15, 0.2) is 33.2 Å². The predicted octanol–water partition coefficient (Wildman–Crippen LogP) is 5.25. The largest absolute Gasteiger partial charge is 0.488 e. The van der Waals surface area contributed by atoms with Gasteiger partial charge in [0.2, 0.25) is 5.75 Å². The maximum Gasteiger partial charge on any atom is 0.312 e. The number of halogens is 4. The van der Waals surface area contributed by atoms with Gasteiger partial charge in [0.05, 0.1) is 21.1 Å². The summed E-state index contributed by atoms with van der Waals surface area (Å²) >= 11 is 5.98. The van der Waals surface area contributed by atoms with Crippen molar-refractivity contribution in [3.8, 4) is 11.5 Å². The van der Waals surface area contributed by atoms with Crippen LogP contribution in [-0.4, -0.2) is 30.0 Å². The monoisotopic (exact) mass is 536 g/mol. The lowest BCUT2D eigenvalue weighted by atomic mass is 10.2. The Bertz CT molecular complexity index is 943. The average Bonchev–Trinajstić information content (AvgIpc) is 2.66. The van der Waals surface area contributed by atoms with Gasteiger partial charge in [-0.25, -0.2) is 8.78 Å². The molecule has 0 spiro atoms. The van der Waals surface area contributed by atoms with Gasteiger partial charge in [-0.05, 0) is 63.9 Å². The molecule has 0 saturated heterocycles. The molecule has 3 rings (SSSR count). The van der Waals surface area contributed by atoms with E-state index in [0.717, 1.165) is 17.8 Å². The molecular weight excluding hydrogens is 522 g/mol. The number of nitro benzene ring substituents is 1. The number of hydrogen-bond donors (Lipinski definition) is 1. The molecule has 2 aromatic rings. The van der Waals surface area contributed by atoms with Crippen LogP contribution in [-0.2, 0) is 4.79 Å². The van der Waals surface area contributed by atoms with Crippen molar-refractivity contribution in [3.05, 3.63) is 55.0 Å². The Hall–Kier alpha value is -2.27. The van der Waals surface area contributed by atoms with Crippen LogP contribution < -0.4 is 14.8 Å². The maximum absolute atomic E-state index is 13.1. The third kappa shape index (κ3) is 5.86. The lowest BCUT2D eigenvalue weighted by Gasteiger charge is -2.25. The molecule has 1 aliphatic heterocycles. The normalized spacial score (nSPS) is 14.5. The molecule has 2 aromatic carbocycles. The number of nitrogens with zero attached hydrogens (tertiary/aromatic N) is 1. The molecule has 1 N–H and O–H groups in total. The molecule has 1 heterocycles. The van der Waals surface area contributed by atoms with E-state index in [0.29, 0.717) is 16.8 Å². The van der Waals surface area contributed by atoms with Crippen molar-refractivity contribution in [3.63, 3.8) is 0 Å². The highest BCUT2D eigenvalue weighted by Crippen LogP contribution is 2.38. The van der Waals surface area contributed by atoms with Crippen LogP contribution in [0.2, 0.25) is 0 Å². The summed E-state index contributed by atoms with van der Waals surface area (Å²) in [5.41, 5.74) is 0.446. The number of fused-ring (bicyclic) bond motifs is 1. The fraction of sp³-hybridized carbons (Fsp3) is 0.278. The van der Waals surface area contributed by atoms with Gasteiger partial charge in [0, 0.05) is 6.07 Å². The minimum Gasteiger partial charge on any atom is -0.488 e. The standard InChI is InChI=1S/C9H7BrFNO4.C9H9BrFNO/c1-5(13)4-16-9-7(12(14)15)3-2-6(11)8(9)10;1-5-4-13-9-7(12-5)3-2-6(11)8(9)10/h2-3H,4H2,1H3;2-3,5,12H,4H2,1H3. The molecule has 0 amide bonds. The van der Waals surface area contributed by atoms with Gasteiger partial charge in [-0.1, -0.05) is 0 Å². The van der Waals surface area contributed by atoms with Crippen LogP contribution >= 0.6 is 31.9 Å². The van der Waals surface area contributed by atoms with Crippen molar-refractivity contribution in [2.75, 3.05) is 18.5 Å². The van der Waals surface area contributed by atoms with E-state index in [-0.39, 0.29) is 34.5 Å². The van der Waals surface area contributed by atoms with Gasteiger partial charge < -0.3 is 14.8 Å². The summed E-state index contributed by atoms with van der Waals surface area (Å²) in [4.78, 5) is 20.6. The number of ketones is 1. The third-order valence-electron chi connectivity index (χ3n) is 3.58. The van der Waals surface area contributed by atoms with E-state index in [4.69, 9.17) is 9.47 Å². The summed E-state index contributed by atoms with van der Waals surface area (Å²) < 4.78 is 36.7. The van der Waals surface area contributed by atoms with Gasteiger partial charge in [0.15, 0.2) is 11.5 Å². The lowest BCUT2D eigenvalue weighted by molar-refractivity contribution is -0.385. The molecule has 0 bridgehead atoms. The molecule has 1 aliphatic rings. The number of benzene rings is 2. The van der Waals surface area contributed by atoms with Crippen molar-refractivity contribution in [2.24, 2.45) is 0 Å². The zero-order chi connectivity index (χ0) is 21.7. The maximum atomic E-state index is 13.1. The van der Waals surface area contributed by atoms with E-state index in [2.05, 4.69) is 37.2 Å². The Morgan fingerprint density at radius 1 is 1.28 bits per heavy atom. The van der Waals surface area contributed by atoms with Crippen molar-refractivity contribution in [1.82, 2.24) is 0 Å². The molecule has 1 atom stereocenters. The fourth-order valence-corrected chi connectivity index (χ4v) is 3.19. The van der Waals surface area contributed by atoms with E-state index in [9.17, 15) is 23.7 Å². The SMILES string of the molecule is CC(=O)COc1c([N+](=O)[O-])ccc(F)c1Br.CC1COc2c(ccc(F)c2Br)N1. The summed E-state index contributed by atoms with van der Waals surface area (Å²) in [7, 11) is 0. The van der Waals surface area contributed by atoms with Crippen LogP contribution in [0.3, 0.4) is 0 Å². The molecule has 1 unspecified atom stereocenters.